The van der Waals surface area contributed by atoms with Gasteiger partial charge in [0.15, 0.2) is 17.5 Å². The summed E-state index contributed by atoms with van der Waals surface area (Å²) in [5.41, 5.74) is 3.46. The maximum Gasteiger partial charge on any atom is 0.194 e. The molecule has 0 aliphatic carbocycles. The van der Waals surface area contributed by atoms with E-state index in [4.69, 9.17) is 13.9 Å². The van der Waals surface area contributed by atoms with Gasteiger partial charge in [0.25, 0.3) is 0 Å². The molecule has 0 amide bonds. The molecule has 4 rings (SSSR count). The van der Waals surface area contributed by atoms with Crippen LogP contribution in [-0.2, 0) is 17.8 Å². The summed E-state index contributed by atoms with van der Waals surface area (Å²) in [7, 11) is 1.95. The third kappa shape index (κ3) is 8.15. The van der Waals surface area contributed by atoms with E-state index in [1.54, 1.807) is 24.3 Å². The van der Waals surface area contributed by atoms with Crippen LogP contribution in [0, 0.1) is 12.7 Å². The number of aromatic nitrogens is 1. The lowest BCUT2D eigenvalue weighted by atomic mass is 10.0. The normalized spacial score (nSPS) is 15.1. The molecule has 1 saturated heterocycles. The molecule has 2 aromatic carbocycles. The Bertz CT molecular complexity index is 1010. The number of para-hydroxylation sites is 1. The lowest BCUT2D eigenvalue weighted by Gasteiger charge is -2.12. The highest BCUT2D eigenvalue weighted by Crippen LogP contribution is 2.33. The first-order chi connectivity index (χ1) is 16.6. The first kappa shape index (κ1) is 26.3. The lowest BCUT2D eigenvalue weighted by molar-refractivity contribution is 0.199. The maximum atomic E-state index is 14.4. The second-order valence-corrected chi connectivity index (χ2v) is 9.58. The molecule has 1 N–H and O–H groups in total. The van der Waals surface area contributed by atoms with Crippen LogP contribution in [0.2, 0.25) is 0 Å². The van der Waals surface area contributed by atoms with E-state index in [-0.39, 0.29) is 18.2 Å². The number of hydrogen-bond acceptors (Lipinski definition) is 6. The Morgan fingerprint density at radius 2 is 2.06 bits per heavy atom. The summed E-state index contributed by atoms with van der Waals surface area (Å²) in [6, 6.07) is 12.9. The molecule has 1 aliphatic heterocycles. The van der Waals surface area contributed by atoms with E-state index < -0.39 is 0 Å². The number of benzene rings is 2. The van der Waals surface area contributed by atoms with Crippen LogP contribution in [0.25, 0.3) is 11.1 Å². The van der Waals surface area contributed by atoms with Crippen LogP contribution >= 0.6 is 11.9 Å². The molecule has 2 heterocycles. The molecule has 0 radical (unpaired) electrons. The van der Waals surface area contributed by atoms with Crippen molar-refractivity contribution in [3.63, 3.8) is 0 Å². The SMILES string of the molecule is CCCCCc1nc(COc2c(F)cccc2-c2cccc(C)c2)co1.CNSC1CCOC1. The van der Waals surface area contributed by atoms with Crippen molar-refractivity contribution in [2.45, 2.75) is 57.8 Å². The lowest BCUT2D eigenvalue weighted by Crippen LogP contribution is -2.07. The molecule has 5 nitrogen and oxygen atoms in total. The Labute approximate surface area is 206 Å². The van der Waals surface area contributed by atoms with Crippen molar-refractivity contribution in [2.24, 2.45) is 0 Å². The maximum absolute atomic E-state index is 14.4. The van der Waals surface area contributed by atoms with Crippen LogP contribution in [-0.4, -0.2) is 30.5 Å². The third-order valence-corrected chi connectivity index (χ3v) is 6.37. The first-order valence-corrected chi connectivity index (χ1v) is 12.8. The smallest absolute Gasteiger partial charge is 0.194 e. The topological polar surface area (TPSA) is 56.5 Å². The molecule has 1 aromatic heterocycles. The molecule has 3 aromatic rings. The van der Waals surface area contributed by atoms with Gasteiger partial charge < -0.3 is 13.9 Å². The van der Waals surface area contributed by atoms with Gasteiger partial charge in [0.1, 0.15) is 18.6 Å². The molecule has 1 aliphatic rings. The molecule has 184 valence electrons. The van der Waals surface area contributed by atoms with Gasteiger partial charge in [-0.1, -0.05) is 73.7 Å². The van der Waals surface area contributed by atoms with Crippen molar-refractivity contribution in [3.8, 4) is 16.9 Å². The highest BCUT2D eigenvalue weighted by Gasteiger charge is 2.15. The average Bonchev–Trinajstić information content (AvgIpc) is 3.51. The molecular formula is C27H35FN2O3S. The second kappa shape index (κ2) is 14.1. The molecule has 0 spiro atoms. The van der Waals surface area contributed by atoms with Crippen LogP contribution in [0.5, 0.6) is 5.75 Å². The van der Waals surface area contributed by atoms with Gasteiger partial charge in [-0.05, 0) is 38.4 Å². The second-order valence-electron chi connectivity index (χ2n) is 8.27. The van der Waals surface area contributed by atoms with Crippen LogP contribution < -0.4 is 9.46 Å². The van der Waals surface area contributed by atoms with E-state index in [9.17, 15) is 4.39 Å². The summed E-state index contributed by atoms with van der Waals surface area (Å²) in [6.07, 6.45) is 6.99. The van der Waals surface area contributed by atoms with Gasteiger partial charge in [0.2, 0.25) is 0 Å². The Hall–Kier alpha value is -2.35. The van der Waals surface area contributed by atoms with Gasteiger partial charge in [-0.15, -0.1) is 0 Å². The van der Waals surface area contributed by atoms with Gasteiger partial charge in [0.05, 0.1) is 6.61 Å². The zero-order valence-corrected chi connectivity index (χ0v) is 21.1. The number of aryl methyl sites for hydroxylation is 2. The van der Waals surface area contributed by atoms with E-state index in [2.05, 4.69) is 16.6 Å². The van der Waals surface area contributed by atoms with E-state index in [1.165, 1.54) is 12.5 Å². The quantitative estimate of drug-likeness (QED) is 0.253. The standard InChI is InChI=1S/C22H24FNO2.C5H11NOS/c1-3-4-5-12-21-24-18(14-25-21)15-26-22-19(10-7-11-20(22)23)17-9-6-8-16(2)13-17;1-6-8-5-2-3-7-4-5/h6-11,13-14H,3-5,12,15H2,1-2H3;5-6H,2-4H2,1H3. The summed E-state index contributed by atoms with van der Waals surface area (Å²) in [4.78, 5) is 4.43. The predicted octanol–water partition coefficient (Wildman–Crippen LogP) is 6.74. The van der Waals surface area contributed by atoms with Crippen LogP contribution in [0.3, 0.4) is 0 Å². The van der Waals surface area contributed by atoms with Crippen molar-refractivity contribution < 1.29 is 18.3 Å². The molecule has 1 atom stereocenters. The minimum Gasteiger partial charge on any atom is -0.483 e. The van der Waals surface area contributed by atoms with Crippen LogP contribution in [0.15, 0.2) is 53.1 Å². The minimum atomic E-state index is -0.379. The summed E-state index contributed by atoms with van der Waals surface area (Å²) < 4.78 is 33.8. The van der Waals surface area contributed by atoms with Gasteiger partial charge in [-0.3, -0.25) is 4.72 Å². The van der Waals surface area contributed by atoms with Gasteiger partial charge in [0, 0.05) is 23.8 Å². The number of unbranched alkanes of at least 4 members (excludes halogenated alkanes) is 2. The summed E-state index contributed by atoms with van der Waals surface area (Å²) in [6.45, 7) is 6.22. The monoisotopic (exact) mass is 486 g/mol. The Morgan fingerprint density at radius 1 is 1.21 bits per heavy atom. The number of halogens is 1. The van der Waals surface area contributed by atoms with Crippen molar-refractivity contribution >= 4 is 11.9 Å². The molecule has 0 saturated carbocycles. The largest absolute Gasteiger partial charge is 0.483 e. The molecule has 1 fully saturated rings. The van der Waals surface area contributed by atoms with Gasteiger partial charge in [-0.2, -0.15) is 0 Å². The number of rotatable bonds is 10. The minimum absolute atomic E-state index is 0.178. The number of nitrogens with one attached hydrogen (secondary N) is 1. The molecule has 7 heteroatoms. The third-order valence-electron chi connectivity index (χ3n) is 5.43. The van der Waals surface area contributed by atoms with Gasteiger partial charge >= 0.3 is 0 Å². The number of ether oxygens (including phenoxy) is 2. The Morgan fingerprint density at radius 3 is 2.79 bits per heavy atom. The van der Waals surface area contributed by atoms with Crippen molar-refractivity contribution in [2.75, 3.05) is 20.3 Å². The summed E-state index contributed by atoms with van der Waals surface area (Å²) >= 11 is 1.76. The number of nitrogens with zero attached hydrogens (tertiary/aromatic N) is 1. The molecular weight excluding hydrogens is 451 g/mol. The highest BCUT2D eigenvalue weighted by molar-refractivity contribution is 7.98. The molecule has 34 heavy (non-hydrogen) atoms. The molecule has 0 bridgehead atoms. The fourth-order valence-corrected chi connectivity index (χ4v) is 4.38. The fraction of sp³-hybridized carbons (Fsp3) is 0.444. The number of oxazole rings is 1. The van der Waals surface area contributed by atoms with Crippen molar-refractivity contribution in [1.82, 2.24) is 9.71 Å². The van der Waals surface area contributed by atoms with Crippen LogP contribution in [0.4, 0.5) is 4.39 Å². The van der Waals surface area contributed by atoms with E-state index >= 15 is 0 Å². The molecule has 1 unspecified atom stereocenters. The van der Waals surface area contributed by atoms with Gasteiger partial charge in [-0.25, -0.2) is 9.37 Å². The highest BCUT2D eigenvalue weighted by atomic mass is 32.2. The van der Waals surface area contributed by atoms with Crippen molar-refractivity contribution in [3.05, 3.63) is 71.7 Å². The van der Waals surface area contributed by atoms with E-state index in [0.717, 1.165) is 55.6 Å². The summed E-state index contributed by atoms with van der Waals surface area (Å²) in [5, 5.41) is 0.694. The van der Waals surface area contributed by atoms with E-state index in [1.807, 2.05) is 44.3 Å². The predicted molar refractivity (Wildman–Crippen MR) is 137 cm³/mol. The zero-order valence-electron chi connectivity index (χ0n) is 20.3. The fourth-order valence-electron chi connectivity index (χ4n) is 3.67. The van der Waals surface area contributed by atoms with Crippen LogP contribution in [0.1, 0.15) is 49.8 Å². The number of hydrogen-bond donors (Lipinski definition) is 1. The zero-order chi connectivity index (χ0) is 24.2. The Balaban J connectivity index is 0.000000343. The summed E-state index contributed by atoms with van der Waals surface area (Å²) in [5.74, 6) is 0.578. The average molecular weight is 487 g/mol. The van der Waals surface area contributed by atoms with E-state index in [0.29, 0.717) is 16.8 Å². The Kier molecular flexibility index (Phi) is 10.9. The van der Waals surface area contributed by atoms with Crippen molar-refractivity contribution in [1.29, 1.82) is 0 Å². The first-order valence-electron chi connectivity index (χ1n) is 11.9.